The molecule has 2 heterocycles. The summed E-state index contributed by atoms with van der Waals surface area (Å²) < 4.78 is 33.6. The van der Waals surface area contributed by atoms with Crippen LogP contribution in [0.3, 0.4) is 0 Å². The number of aromatic amines is 1. The third-order valence-electron chi connectivity index (χ3n) is 5.96. The lowest BCUT2D eigenvalue weighted by atomic mass is 9.96. The van der Waals surface area contributed by atoms with Gasteiger partial charge < -0.3 is 15.2 Å². The van der Waals surface area contributed by atoms with Gasteiger partial charge in [0.2, 0.25) is 0 Å². The van der Waals surface area contributed by atoms with Crippen molar-refractivity contribution in [3.8, 4) is 16.9 Å². The Hall–Kier alpha value is -3.53. The molecule has 8 nitrogen and oxygen atoms in total. The van der Waals surface area contributed by atoms with E-state index < -0.39 is 17.6 Å². The van der Waals surface area contributed by atoms with Crippen molar-refractivity contribution in [1.82, 2.24) is 20.4 Å². The molecule has 1 saturated heterocycles. The molecule has 1 aromatic heterocycles. The van der Waals surface area contributed by atoms with Crippen molar-refractivity contribution in [2.75, 3.05) is 33.3 Å². The Morgan fingerprint density at radius 1 is 1.24 bits per heavy atom. The second-order valence-corrected chi connectivity index (χ2v) is 8.09. The van der Waals surface area contributed by atoms with Gasteiger partial charge in [0, 0.05) is 29.1 Å². The number of hydrogen-bond acceptors (Lipinski definition) is 5. The first-order chi connectivity index (χ1) is 15.9. The smallest absolute Gasteiger partial charge is 0.317 e. The zero-order valence-corrected chi connectivity index (χ0v) is 18.0. The molecule has 0 atom stereocenters. The minimum absolute atomic E-state index is 0.0226. The number of carboxylic acid groups (broad SMARTS) is 1. The molecule has 0 unspecified atom stereocenters. The first-order valence-corrected chi connectivity index (χ1v) is 10.6. The predicted octanol–water partition coefficient (Wildman–Crippen LogP) is 3.04. The van der Waals surface area contributed by atoms with Gasteiger partial charge in [-0.2, -0.15) is 5.10 Å². The van der Waals surface area contributed by atoms with Crippen molar-refractivity contribution in [2.45, 2.75) is 12.8 Å². The maximum absolute atomic E-state index is 14.4. The zero-order valence-electron chi connectivity index (χ0n) is 18.0. The van der Waals surface area contributed by atoms with E-state index in [-0.39, 0.29) is 29.6 Å². The molecule has 0 radical (unpaired) electrons. The molecular weight excluding hydrogens is 434 g/mol. The molecule has 2 aromatic carbocycles. The van der Waals surface area contributed by atoms with E-state index in [9.17, 15) is 18.4 Å². The summed E-state index contributed by atoms with van der Waals surface area (Å²) in [5, 5.41) is 19.2. The van der Waals surface area contributed by atoms with Crippen LogP contribution in [0.1, 0.15) is 23.3 Å². The number of likely N-dealkylation sites (tertiary alicyclic amines) is 1. The summed E-state index contributed by atoms with van der Waals surface area (Å²) in [6.45, 7) is 1.80. The van der Waals surface area contributed by atoms with E-state index in [1.165, 1.54) is 19.2 Å². The van der Waals surface area contributed by atoms with Gasteiger partial charge in [0.15, 0.2) is 17.3 Å². The topological polar surface area (TPSA) is 108 Å². The van der Waals surface area contributed by atoms with Crippen molar-refractivity contribution >= 4 is 22.8 Å². The van der Waals surface area contributed by atoms with Crippen LogP contribution in [-0.2, 0) is 4.79 Å². The van der Waals surface area contributed by atoms with Gasteiger partial charge in [0.1, 0.15) is 5.75 Å². The van der Waals surface area contributed by atoms with Crippen LogP contribution in [-0.4, -0.2) is 65.4 Å². The van der Waals surface area contributed by atoms with Crippen LogP contribution in [0.15, 0.2) is 30.3 Å². The van der Waals surface area contributed by atoms with E-state index in [1.54, 1.807) is 12.1 Å². The number of fused-ring (bicyclic) bond motifs is 1. The van der Waals surface area contributed by atoms with E-state index >= 15 is 0 Å². The SMILES string of the molecule is COc1cc2[nH]nc(C(=O)NCC3CCN(CC(=O)O)CC3)c2cc1-c1cccc(F)c1F. The van der Waals surface area contributed by atoms with E-state index in [2.05, 4.69) is 15.5 Å². The number of nitrogens with one attached hydrogen (secondary N) is 2. The van der Waals surface area contributed by atoms with Crippen LogP contribution in [0.25, 0.3) is 22.0 Å². The molecular formula is C23H24F2N4O4. The molecule has 1 aliphatic rings. The third kappa shape index (κ3) is 4.80. The number of carboxylic acids is 1. The highest BCUT2D eigenvalue weighted by Gasteiger charge is 2.23. The van der Waals surface area contributed by atoms with Crippen LogP contribution in [0, 0.1) is 17.6 Å². The zero-order chi connectivity index (χ0) is 23.5. The number of carbonyl (C=O) groups is 2. The molecule has 10 heteroatoms. The summed E-state index contributed by atoms with van der Waals surface area (Å²) in [6, 6.07) is 7.04. The quantitative estimate of drug-likeness (QED) is 0.502. The maximum Gasteiger partial charge on any atom is 0.317 e. The summed E-state index contributed by atoms with van der Waals surface area (Å²) in [4.78, 5) is 25.6. The number of halogens is 2. The number of ether oxygens (including phenoxy) is 1. The van der Waals surface area contributed by atoms with Gasteiger partial charge in [-0.1, -0.05) is 12.1 Å². The first kappa shape index (κ1) is 22.7. The molecule has 1 amide bonds. The maximum atomic E-state index is 14.4. The number of amides is 1. The van der Waals surface area contributed by atoms with Gasteiger partial charge in [0.25, 0.3) is 5.91 Å². The summed E-state index contributed by atoms with van der Waals surface area (Å²) in [5.74, 6) is -2.66. The average molecular weight is 458 g/mol. The standard InChI is InChI=1S/C23H24F2N4O4/c1-33-19-10-18-16(9-15(19)14-3-2-4-17(24)21(14)25)22(28-27-18)23(32)26-11-13-5-7-29(8-6-13)12-20(30)31/h2-4,9-10,13H,5-8,11-12H2,1H3,(H,26,32)(H,27,28)(H,30,31). The van der Waals surface area contributed by atoms with Crippen molar-refractivity contribution < 1.29 is 28.2 Å². The summed E-state index contributed by atoms with van der Waals surface area (Å²) >= 11 is 0. The van der Waals surface area contributed by atoms with Gasteiger partial charge in [0.05, 0.1) is 19.2 Å². The molecule has 0 aliphatic carbocycles. The van der Waals surface area contributed by atoms with Gasteiger partial charge in [-0.3, -0.25) is 19.6 Å². The number of rotatable bonds is 7. The Labute approximate surface area is 188 Å². The van der Waals surface area contributed by atoms with Crippen molar-refractivity contribution in [3.63, 3.8) is 0 Å². The molecule has 0 saturated carbocycles. The van der Waals surface area contributed by atoms with E-state index in [0.717, 1.165) is 18.9 Å². The van der Waals surface area contributed by atoms with Crippen LogP contribution in [0.2, 0.25) is 0 Å². The lowest BCUT2D eigenvalue weighted by Crippen LogP contribution is -2.40. The minimum atomic E-state index is -1.00. The highest BCUT2D eigenvalue weighted by atomic mass is 19.2. The normalized spacial score (nSPS) is 15.0. The Morgan fingerprint density at radius 3 is 2.70 bits per heavy atom. The number of piperidine rings is 1. The van der Waals surface area contributed by atoms with Crippen LogP contribution < -0.4 is 10.1 Å². The fourth-order valence-corrected chi connectivity index (χ4v) is 4.17. The van der Waals surface area contributed by atoms with Crippen molar-refractivity contribution in [3.05, 3.63) is 47.7 Å². The Bertz CT molecular complexity index is 1190. The van der Waals surface area contributed by atoms with E-state index in [0.29, 0.717) is 41.9 Å². The van der Waals surface area contributed by atoms with Crippen LogP contribution in [0.4, 0.5) is 8.78 Å². The number of H-pyrrole nitrogens is 1. The van der Waals surface area contributed by atoms with Gasteiger partial charge in [-0.15, -0.1) is 0 Å². The largest absolute Gasteiger partial charge is 0.496 e. The molecule has 1 aliphatic heterocycles. The molecule has 4 rings (SSSR count). The number of benzene rings is 2. The van der Waals surface area contributed by atoms with Crippen molar-refractivity contribution in [1.29, 1.82) is 0 Å². The highest BCUT2D eigenvalue weighted by Crippen LogP contribution is 2.36. The fraction of sp³-hybridized carbons (Fsp3) is 0.348. The van der Waals surface area contributed by atoms with Gasteiger partial charge in [-0.25, -0.2) is 8.78 Å². The average Bonchev–Trinajstić information content (AvgIpc) is 3.22. The second-order valence-electron chi connectivity index (χ2n) is 8.09. The van der Waals surface area contributed by atoms with E-state index in [4.69, 9.17) is 9.84 Å². The van der Waals surface area contributed by atoms with Crippen LogP contribution >= 0.6 is 0 Å². The molecule has 0 bridgehead atoms. The fourth-order valence-electron chi connectivity index (χ4n) is 4.17. The number of carbonyl (C=O) groups excluding carboxylic acids is 1. The number of nitrogens with zero attached hydrogens (tertiary/aromatic N) is 2. The summed E-state index contributed by atoms with van der Waals surface area (Å²) in [7, 11) is 1.42. The number of methoxy groups -OCH3 is 1. The van der Waals surface area contributed by atoms with E-state index in [1.807, 2.05) is 4.90 Å². The second kappa shape index (κ2) is 9.53. The molecule has 3 N–H and O–H groups in total. The summed E-state index contributed by atoms with van der Waals surface area (Å²) in [6.07, 6.45) is 1.57. The number of aliphatic carboxylic acids is 1. The Balaban J connectivity index is 1.52. The lowest BCUT2D eigenvalue weighted by Gasteiger charge is -2.30. The van der Waals surface area contributed by atoms with Gasteiger partial charge >= 0.3 is 5.97 Å². The highest BCUT2D eigenvalue weighted by molar-refractivity contribution is 6.06. The first-order valence-electron chi connectivity index (χ1n) is 10.6. The monoisotopic (exact) mass is 458 g/mol. The molecule has 174 valence electrons. The lowest BCUT2D eigenvalue weighted by molar-refractivity contribution is -0.138. The predicted molar refractivity (Wildman–Crippen MR) is 117 cm³/mol. The Morgan fingerprint density at radius 2 is 2.00 bits per heavy atom. The molecule has 1 fully saturated rings. The Kier molecular flexibility index (Phi) is 6.55. The van der Waals surface area contributed by atoms with Crippen LogP contribution in [0.5, 0.6) is 5.75 Å². The summed E-state index contributed by atoms with van der Waals surface area (Å²) in [5.41, 5.74) is 1.01. The van der Waals surface area contributed by atoms with Gasteiger partial charge in [-0.05, 0) is 44.0 Å². The molecule has 33 heavy (non-hydrogen) atoms. The van der Waals surface area contributed by atoms with Crippen molar-refractivity contribution in [2.24, 2.45) is 5.92 Å². The molecule has 0 spiro atoms. The molecule has 3 aromatic rings. The third-order valence-corrected chi connectivity index (χ3v) is 5.96. The number of hydrogen-bond donors (Lipinski definition) is 3. The number of aromatic nitrogens is 2. The minimum Gasteiger partial charge on any atom is -0.496 e.